The molecule has 116 valence electrons. The number of urea groups is 1. The lowest BCUT2D eigenvalue weighted by atomic mass is 10.2. The van der Waals surface area contributed by atoms with Gasteiger partial charge in [0.05, 0.1) is 19.9 Å². The van der Waals surface area contributed by atoms with Crippen LogP contribution in [0.3, 0.4) is 0 Å². The first-order chi connectivity index (χ1) is 10.6. The van der Waals surface area contributed by atoms with Crippen molar-refractivity contribution in [1.82, 2.24) is 5.32 Å². The Bertz CT molecular complexity index is 658. The van der Waals surface area contributed by atoms with E-state index < -0.39 is 6.03 Å². The number of rotatable bonds is 5. The lowest BCUT2D eigenvalue weighted by Gasteiger charge is -2.11. The van der Waals surface area contributed by atoms with Gasteiger partial charge in [-0.05, 0) is 29.8 Å². The van der Waals surface area contributed by atoms with Crippen molar-refractivity contribution in [1.29, 1.82) is 0 Å². The highest BCUT2D eigenvalue weighted by Gasteiger charge is 2.07. The fraction of sp³-hybridized carbons (Fsp3) is 0.188. The highest BCUT2D eigenvalue weighted by Crippen LogP contribution is 2.27. The van der Waals surface area contributed by atoms with Crippen LogP contribution in [0, 0.1) is 0 Å². The maximum absolute atomic E-state index is 11.8. The van der Waals surface area contributed by atoms with Gasteiger partial charge in [0.25, 0.3) is 0 Å². The van der Waals surface area contributed by atoms with E-state index >= 15 is 0 Å². The fourth-order valence-corrected chi connectivity index (χ4v) is 1.92. The molecule has 0 aliphatic heterocycles. The molecule has 6 heteroatoms. The molecule has 0 atom stereocenters. The van der Waals surface area contributed by atoms with Gasteiger partial charge in [0, 0.05) is 6.54 Å². The van der Waals surface area contributed by atoms with Gasteiger partial charge in [-0.1, -0.05) is 18.2 Å². The molecule has 0 aliphatic carbocycles. The number of phenolic OH excluding ortho intramolecular Hbond substituents is 1. The second-order valence-electron chi connectivity index (χ2n) is 4.51. The van der Waals surface area contributed by atoms with E-state index in [1.165, 1.54) is 6.07 Å². The summed E-state index contributed by atoms with van der Waals surface area (Å²) in [6.07, 6.45) is 0. The van der Waals surface area contributed by atoms with Crippen molar-refractivity contribution in [2.24, 2.45) is 0 Å². The lowest BCUT2D eigenvalue weighted by Crippen LogP contribution is -2.28. The molecule has 0 saturated carbocycles. The average Bonchev–Trinajstić information content (AvgIpc) is 2.54. The number of ether oxygens (including phenoxy) is 2. The number of carbonyl (C=O) groups excluding carboxylic acids is 1. The molecular formula is C16H18N2O4. The molecular weight excluding hydrogens is 284 g/mol. The topological polar surface area (TPSA) is 79.8 Å². The van der Waals surface area contributed by atoms with Crippen molar-refractivity contribution in [2.45, 2.75) is 6.54 Å². The molecule has 6 nitrogen and oxygen atoms in total. The smallest absolute Gasteiger partial charge is 0.319 e. The summed E-state index contributed by atoms with van der Waals surface area (Å²) >= 11 is 0. The number of anilines is 1. The summed E-state index contributed by atoms with van der Waals surface area (Å²) in [7, 11) is 3.12. The van der Waals surface area contributed by atoms with Crippen molar-refractivity contribution >= 4 is 11.7 Å². The largest absolute Gasteiger partial charge is 0.506 e. The third kappa shape index (κ3) is 3.82. The zero-order valence-corrected chi connectivity index (χ0v) is 12.4. The molecule has 0 aromatic heterocycles. The first-order valence-electron chi connectivity index (χ1n) is 6.67. The Hall–Kier alpha value is -2.89. The van der Waals surface area contributed by atoms with E-state index in [2.05, 4.69) is 10.6 Å². The van der Waals surface area contributed by atoms with Crippen LogP contribution in [0.15, 0.2) is 42.5 Å². The van der Waals surface area contributed by atoms with E-state index in [1.807, 2.05) is 6.07 Å². The van der Waals surface area contributed by atoms with Crippen LogP contribution >= 0.6 is 0 Å². The van der Waals surface area contributed by atoms with E-state index in [0.29, 0.717) is 23.7 Å². The third-order valence-corrected chi connectivity index (χ3v) is 3.05. The molecule has 2 amide bonds. The first kappa shape index (κ1) is 15.5. The molecule has 0 radical (unpaired) electrons. The van der Waals surface area contributed by atoms with E-state index in [9.17, 15) is 9.90 Å². The summed E-state index contributed by atoms with van der Waals surface area (Å²) in [6.45, 7) is 0.319. The number of hydrogen-bond acceptors (Lipinski definition) is 4. The van der Waals surface area contributed by atoms with Gasteiger partial charge in [0.2, 0.25) is 0 Å². The molecule has 2 aromatic rings. The molecule has 0 unspecified atom stereocenters. The third-order valence-electron chi connectivity index (χ3n) is 3.05. The summed E-state index contributed by atoms with van der Waals surface area (Å²) in [4.78, 5) is 11.8. The van der Waals surface area contributed by atoms with Crippen LogP contribution in [0.4, 0.5) is 10.5 Å². The Balaban J connectivity index is 1.95. The minimum Gasteiger partial charge on any atom is -0.506 e. The number of aromatic hydroxyl groups is 1. The molecule has 0 saturated heterocycles. The summed E-state index contributed by atoms with van der Waals surface area (Å²) in [5, 5.41) is 14.9. The minimum atomic E-state index is -0.406. The Morgan fingerprint density at radius 2 is 1.82 bits per heavy atom. The van der Waals surface area contributed by atoms with Gasteiger partial charge in [-0.25, -0.2) is 4.79 Å². The van der Waals surface area contributed by atoms with Crippen LogP contribution < -0.4 is 20.1 Å². The normalized spacial score (nSPS) is 9.91. The maximum atomic E-state index is 11.8. The number of nitrogens with one attached hydrogen (secondary N) is 2. The Kier molecular flexibility index (Phi) is 5.08. The Labute approximate surface area is 128 Å². The number of carbonyl (C=O) groups is 1. The van der Waals surface area contributed by atoms with Gasteiger partial charge in [-0.3, -0.25) is 0 Å². The van der Waals surface area contributed by atoms with Crippen LogP contribution in [0.5, 0.6) is 17.2 Å². The van der Waals surface area contributed by atoms with Gasteiger partial charge >= 0.3 is 6.03 Å². The minimum absolute atomic E-state index is 0.0174. The van der Waals surface area contributed by atoms with Crippen LogP contribution in [-0.4, -0.2) is 25.4 Å². The maximum Gasteiger partial charge on any atom is 0.319 e. The van der Waals surface area contributed by atoms with Crippen LogP contribution in [0.2, 0.25) is 0 Å². The molecule has 22 heavy (non-hydrogen) atoms. The summed E-state index contributed by atoms with van der Waals surface area (Å²) < 4.78 is 10.4. The van der Waals surface area contributed by atoms with Gasteiger partial charge in [0.15, 0.2) is 11.5 Å². The average molecular weight is 302 g/mol. The second kappa shape index (κ2) is 7.21. The molecule has 0 bridgehead atoms. The van der Waals surface area contributed by atoms with Crippen LogP contribution in [0.1, 0.15) is 5.56 Å². The molecule has 0 heterocycles. The summed E-state index contributed by atoms with van der Waals surface area (Å²) in [5.41, 5.74) is 1.22. The predicted molar refractivity (Wildman–Crippen MR) is 83.5 cm³/mol. The number of amides is 2. The van der Waals surface area contributed by atoms with E-state index in [0.717, 1.165) is 5.56 Å². The monoisotopic (exact) mass is 302 g/mol. The number of para-hydroxylation sites is 2. The summed E-state index contributed by atoms with van der Waals surface area (Å²) in [6, 6.07) is 11.5. The highest BCUT2D eigenvalue weighted by molar-refractivity contribution is 5.90. The molecule has 2 rings (SSSR count). The van der Waals surface area contributed by atoms with Gasteiger partial charge in [0.1, 0.15) is 5.75 Å². The second-order valence-corrected chi connectivity index (χ2v) is 4.51. The number of phenols is 1. The van der Waals surface area contributed by atoms with Crippen molar-refractivity contribution in [3.8, 4) is 17.2 Å². The molecule has 0 fully saturated rings. The van der Waals surface area contributed by atoms with Crippen molar-refractivity contribution in [2.75, 3.05) is 19.5 Å². The molecule has 0 aliphatic rings. The quantitative estimate of drug-likeness (QED) is 0.742. The van der Waals surface area contributed by atoms with Crippen LogP contribution in [-0.2, 0) is 6.54 Å². The lowest BCUT2D eigenvalue weighted by molar-refractivity contribution is 0.251. The Morgan fingerprint density at radius 1 is 1.09 bits per heavy atom. The van der Waals surface area contributed by atoms with Crippen molar-refractivity contribution in [3.05, 3.63) is 48.0 Å². The van der Waals surface area contributed by atoms with Crippen molar-refractivity contribution in [3.63, 3.8) is 0 Å². The van der Waals surface area contributed by atoms with Gasteiger partial charge in [-0.15, -0.1) is 0 Å². The highest BCUT2D eigenvalue weighted by atomic mass is 16.5. The van der Waals surface area contributed by atoms with E-state index in [4.69, 9.17) is 9.47 Å². The SMILES string of the molecule is COc1ccc(CNC(=O)Nc2ccccc2O)cc1OC. The van der Waals surface area contributed by atoms with Crippen molar-refractivity contribution < 1.29 is 19.4 Å². The number of hydrogen-bond donors (Lipinski definition) is 3. The zero-order chi connectivity index (χ0) is 15.9. The van der Waals surface area contributed by atoms with Crippen LogP contribution in [0.25, 0.3) is 0 Å². The molecule has 2 aromatic carbocycles. The fourth-order valence-electron chi connectivity index (χ4n) is 1.92. The predicted octanol–water partition coefficient (Wildman–Crippen LogP) is 2.73. The van der Waals surface area contributed by atoms with Gasteiger partial charge < -0.3 is 25.2 Å². The number of methoxy groups -OCH3 is 2. The zero-order valence-electron chi connectivity index (χ0n) is 12.4. The summed E-state index contributed by atoms with van der Waals surface area (Å²) in [5.74, 6) is 1.25. The number of benzene rings is 2. The molecule has 0 spiro atoms. The van der Waals surface area contributed by atoms with Gasteiger partial charge in [-0.2, -0.15) is 0 Å². The first-order valence-corrected chi connectivity index (χ1v) is 6.67. The standard InChI is InChI=1S/C16H18N2O4/c1-21-14-8-7-11(9-15(14)22-2)10-17-16(20)18-12-5-3-4-6-13(12)19/h3-9,19H,10H2,1-2H3,(H2,17,18,20). The Morgan fingerprint density at radius 3 is 2.50 bits per heavy atom. The van der Waals surface area contributed by atoms with E-state index in [-0.39, 0.29) is 5.75 Å². The molecule has 3 N–H and O–H groups in total. The van der Waals surface area contributed by atoms with E-state index in [1.54, 1.807) is 44.6 Å².